The van der Waals surface area contributed by atoms with E-state index in [1.165, 1.54) is 0 Å². The fourth-order valence-corrected chi connectivity index (χ4v) is 2.11. The molecule has 21 heavy (non-hydrogen) atoms. The minimum atomic E-state index is 0.0175. The lowest BCUT2D eigenvalue weighted by Crippen LogP contribution is -2.29. The lowest BCUT2D eigenvalue weighted by atomic mass is 10.1. The molecule has 4 nitrogen and oxygen atoms in total. The second kappa shape index (κ2) is 7.55. The van der Waals surface area contributed by atoms with E-state index in [0.717, 1.165) is 17.7 Å². The molecule has 2 aromatic rings. The summed E-state index contributed by atoms with van der Waals surface area (Å²) in [4.78, 5) is 18.4. The summed E-state index contributed by atoms with van der Waals surface area (Å²) < 4.78 is 5.10. The first kappa shape index (κ1) is 15.2. The van der Waals surface area contributed by atoms with E-state index in [0.29, 0.717) is 18.7 Å². The molecule has 0 bridgehead atoms. The van der Waals surface area contributed by atoms with Gasteiger partial charge in [0.1, 0.15) is 0 Å². The highest BCUT2D eigenvalue weighted by atomic mass is 16.5. The third kappa shape index (κ3) is 4.39. The number of methoxy groups -OCH3 is 1. The SMILES string of the molecule is COCc1cccc(C(=O)N(C)CCc2ccccn2)c1. The van der Waals surface area contributed by atoms with Crippen molar-refractivity contribution < 1.29 is 9.53 Å². The Morgan fingerprint density at radius 1 is 1.24 bits per heavy atom. The Morgan fingerprint density at radius 2 is 2.10 bits per heavy atom. The summed E-state index contributed by atoms with van der Waals surface area (Å²) in [5.74, 6) is 0.0175. The zero-order valence-corrected chi connectivity index (χ0v) is 12.5. The molecule has 0 unspecified atom stereocenters. The van der Waals surface area contributed by atoms with Crippen molar-refractivity contribution in [2.24, 2.45) is 0 Å². The molecule has 0 saturated carbocycles. The molecule has 1 aromatic heterocycles. The first-order valence-corrected chi connectivity index (χ1v) is 6.94. The molecule has 0 aliphatic carbocycles. The Balaban J connectivity index is 1.97. The summed E-state index contributed by atoms with van der Waals surface area (Å²) in [5, 5.41) is 0. The van der Waals surface area contributed by atoms with Crippen molar-refractivity contribution in [2.75, 3.05) is 20.7 Å². The van der Waals surface area contributed by atoms with E-state index in [1.54, 1.807) is 18.2 Å². The van der Waals surface area contributed by atoms with Gasteiger partial charge in [0.25, 0.3) is 5.91 Å². The molecule has 0 saturated heterocycles. The van der Waals surface area contributed by atoms with Crippen LogP contribution in [0.3, 0.4) is 0 Å². The molecule has 0 N–H and O–H groups in total. The van der Waals surface area contributed by atoms with Gasteiger partial charge >= 0.3 is 0 Å². The van der Waals surface area contributed by atoms with Crippen molar-refractivity contribution in [3.8, 4) is 0 Å². The van der Waals surface area contributed by atoms with Crippen LogP contribution in [0, 0.1) is 0 Å². The number of likely N-dealkylation sites (N-methyl/N-ethyl adjacent to an activating group) is 1. The van der Waals surface area contributed by atoms with Crippen LogP contribution >= 0.6 is 0 Å². The first-order chi connectivity index (χ1) is 10.2. The standard InChI is InChI=1S/C17H20N2O2/c1-19(11-9-16-8-3-4-10-18-16)17(20)15-7-5-6-14(12-15)13-21-2/h3-8,10,12H,9,11,13H2,1-2H3. The zero-order valence-electron chi connectivity index (χ0n) is 12.5. The zero-order chi connectivity index (χ0) is 15.1. The van der Waals surface area contributed by atoms with Gasteiger partial charge in [0.15, 0.2) is 0 Å². The minimum Gasteiger partial charge on any atom is -0.380 e. The molecule has 1 amide bonds. The predicted molar refractivity (Wildman–Crippen MR) is 82.1 cm³/mol. The van der Waals surface area contributed by atoms with Gasteiger partial charge in [-0.05, 0) is 29.8 Å². The Bertz CT molecular complexity index is 584. The number of aromatic nitrogens is 1. The second-order valence-electron chi connectivity index (χ2n) is 4.93. The molecular formula is C17H20N2O2. The maximum absolute atomic E-state index is 12.4. The van der Waals surface area contributed by atoms with Crippen LogP contribution in [0.1, 0.15) is 21.6 Å². The Kier molecular flexibility index (Phi) is 5.46. The van der Waals surface area contributed by atoms with Gasteiger partial charge in [-0.1, -0.05) is 18.2 Å². The van der Waals surface area contributed by atoms with Crippen molar-refractivity contribution in [1.29, 1.82) is 0 Å². The molecular weight excluding hydrogens is 264 g/mol. The van der Waals surface area contributed by atoms with Crippen LogP contribution < -0.4 is 0 Å². The Morgan fingerprint density at radius 3 is 2.81 bits per heavy atom. The maximum Gasteiger partial charge on any atom is 0.253 e. The highest BCUT2D eigenvalue weighted by Crippen LogP contribution is 2.09. The van der Waals surface area contributed by atoms with Gasteiger partial charge in [0, 0.05) is 44.6 Å². The number of nitrogens with zero attached hydrogens (tertiary/aromatic N) is 2. The summed E-state index contributed by atoms with van der Waals surface area (Å²) in [7, 11) is 3.46. The normalized spacial score (nSPS) is 10.4. The molecule has 1 aromatic carbocycles. The summed E-state index contributed by atoms with van der Waals surface area (Å²) >= 11 is 0. The van der Waals surface area contributed by atoms with E-state index in [-0.39, 0.29) is 5.91 Å². The van der Waals surface area contributed by atoms with Crippen molar-refractivity contribution in [2.45, 2.75) is 13.0 Å². The highest BCUT2D eigenvalue weighted by molar-refractivity contribution is 5.94. The Hall–Kier alpha value is -2.20. The number of amides is 1. The smallest absolute Gasteiger partial charge is 0.253 e. The monoisotopic (exact) mass is 284 g/mol. The fourth-order valence-electron chi connectivity index (χ4n) is 2.11. The summed E-state index contributed by atoms with van der Waals surface area (Å²) in [6.07, 6.45) is 2.52. The number of benzene rings is 1. The van der Waals surface area contributed by atoms with E-state index < -0.39 is 0 Å². The largest absolute Gasteiger partial charge is 0.380 e. The van der Waals surface area contributed by atoms with Crippen LogP contribution in [-0.2, 0) is 17.8 Å². The molecule has 0 radical (unpaired) electrons. The molecule has 0 aliphatic rings. The summed E-state index contributed by atoms with van der Waals surface area (Å²) in [6, 6.07) is 13.4. The van der Waals surface area contributed by atoms with Crippen LogP contribution in [-0.4, -0.2) is 36.5 Å². The molecule has 2 rings (SSSR count). The van der Waals surface area contributed by atoms with Crippen LogP contribution in [0.25, 0.3) is 0 Å². The van der Waals surface area contributed by atoms with Crippen molar-refractivity contribution >= 4 is 5.91 Å². The van der Waals surface area contributed by atoms with Gasteiger partial charge in [-0.3, -0.25) is 9.78 Å². The molecule has 110 valence electrons. The van der Waals surface area contributed by atoms with Crippen molar-refractivity contribution in [3.63, 3.8) is 0 Å². The lowest BCUT2D eigenvalue weighted by molar-refractivity contribution is 0.0796. The number of pyridine rings is 1. The van der Waals surface area contributed by atoms with Gasteiger partial charge in [0.2, 0.25) is 0 Å². The van der Waals surface area contributed by atoms with Crippen molar-refractivity contribution in [3.05, 3.63) is 65.5 Å². The second-order valence-corrected chi connectivity index (χ2v) is 4.93. The molecule has 0 spiro atoms. The van der Waals surface area contributed by atoms with E-state index in [1.807, 2.05) is 49.5 Å². The average molecular weight is 284 g/mol. The fraction of sp³-hybridized carbons (Fsp3) is 0.294. The van der Waals surface area contributed by atoms with Gasteiger partial charge in [0.05, 0.1) is 6.61 Å². The summed E-state index contributed by atoms with van der Waals surface area (Å²) in [5.41, 5.74) is 2.68. The van der Waals surface area contributed by atoms with E-state index >= 15 is 0 Å². The third-order valence-electron chi connectivity index (χ3n) is 3.26. The van der Waals surface area contributed by atoms with Crippen LogP contribution in [0.15, 0.2) is 48.7 Å². The Labute approximate surface area is 125 Å². The lowest BCUT2D eigenvalue weighted by Gasteiger charge is -2.17. The third-order valence-corrected chi connectivity index (χ3v) is 3.26. The number of carbonyl (C=O) groups excluding carboxylic acids is 1. The number of rotatable bonds is 6. The van der Waals surface area contributed by atoms with Gasteiger partial charge < -0.3 is 9.64 Å². The summed E-state index contributed by atoms with van der Waals surface area (Å²) in [6.45, 7) is 1.16. The molecule has 0 atom stereocenters. The molecule has 0 aliphatic heterocycles. The highest BCUT2D eigenvalue weighted by Gasteiger charge is 2.12. The van der Waals surface area contributed by atoms with Crippen LogP contribution in [0.5, 0.6) is 0 Å². The molecule has 1 heterocycles. The topological polar surface area (TPSA) is 42.4 Å². The van der Waals surface area contributed by atoms with Gasteiger partial charge in [-0.15, -0.1) is 0 Å². The van der Waals surface area contributed by atoms with Gasteiger partial charge in [-0.25, -0.2) is 0 Å². The number of hydrogen-bond acceptors (Lipinski definition) is 3. The molecule has 0 fully saturated rings. The predicted octanol–water partition coefficient (Wildman–Crippen LogP) is 2.54. The first-order valence-electron chi connectivity index (χ1n) is 6.94. The van der Waals surface area contributed by atoms with E-state index in [4.69, 9.17) is 4.74 Å². The van der Waals surface area contributed by atoms with Gasteiger partial charge in [-0.2, -0.15) is 0 Å². The van der Waals surface area contributed by atoms with Crippen molar-refractivity contribution in [1.82, 2.24) is 9.88 Å². The number of carbonyl (C=O) groups is 1. The van der Waals surface area contributed by atoms with Crippen LogP contribution in [0.2, 0.25) is 0 Å². The minimum absolute atomic E-state index is 0.0175. The number of hydrogen-bond donors (Lipinski definition) is 0. The van der Waals surface area contributed by atoms with Crippen LogP contribution in [0.4, 0.5) is 0 Å². The van der Waals surface area contributed by atoms with E-state index in [2.05, 4.69) is 4.98 Å². The quantitative estimate of drug-likeness (QED) is 0.818. The maximum atomic E-state index is 12.4. The molecule has 4 heteroatoms. The average Bonchev–Trinajstić information content (AvgIpc) is 2.53. The van der Waals surface area contributed by atoms with E-state index in [9.17, 15) is 4.79 Å². The number of ether oxygens (including phenoxy) is 1.